The summed E-state index contributed by atoms with van der Waals surface area (Å²) < 4.78 is 0. The van der Waals surface area contributed by atoms with Crippen LogP contribution in [0.3, 0.4) is 0 Å². The summed E-state index contributed by atoms with van der Waals surface area (Å²) in [4.78, 5) is 0. The Kier molecular flexibility index (Phi) is 2.84. The quantitative estimate of drug-likeness (QED) is 0.247. The van der Waals surface area contributed by atoms with E-state index in [0.29, 0.717) is 0 Å². The van der Waals surface area contributed by atoms with Crippen molar-refractivity contribution in [3.8, 4) is 0 Å². The molecule has 0 heteroatoms. The number of hydrogen-bond acceptors (Lipinski definition) is 0. The molecule has 0 aromatic heterocycles. The van der Waals surface area contributed by atoms with Gasteiger partial charge in [-0.05, 0) is 67.1 Å². The fraction of sp³-hybridized carbons (Fsp3) is 0.167. The highest BCUT2D eigenvalue weighted by Crippen LogP contribution is 2.43. The minimum atomic E-state index is 1.09. The van der Waals surface area contributed by atoms with E-state index in [0.717, 1.165) is 12.8 Å². The van der Waals surface area contributed by atoms with Crippen molar-refractivity contribution in [1.82, 2.24) is 0 Å². The van der Waals surface area contributed by atoms with Crippen molar-refractivity contribution in [3.05, 3.63) is 71.8 Å². The number of rotatable bonds is 2. The van der Waals surface area contributed by atoms with E-state index in [9.17, 15) is 0 Å². The van der Waals surface area contributed by atoms with Gasteiger partial charge in [0.1, 0.15) is 0 Å². The van der Waals surface area contributed by atoms with Gasteiger partial charge >= 0.3 is 0 Å². The summed E-state index contributed by atoms with van der Waals surface area (Å²) in [5.74, 6) is 0. The van der Waals surface area contributed by atoms with Crippen LogP contribution in [0.2, 0.25) is 0 Å². The van der Waals surface area contributed by atoms with Crippen molar-refractivity contribution in [1.29, 1.82) is 0 Å². The molecule has 5 rings (SSSR count). The van der Waals surface area contributed by atoms with Crippen LogP contribution >= 0.6 is 0 Å². The van der Waals surface area contributed by atoms with E-state index < -0.39 is 0 Å². The molecule has 0 atom stereocenters. The Labute approximate surface area is 142 Å². The lowest BCUT2D eigenvalue weighted by atomic mass is 9.83. The largest absolute Gasteiger partial charge is 0.0616 e. The summed E-state index contributed by atoms with van der Waals surface area (Å²) >= 11 is 0. The molecule has 0 saturated heterocycles. The molecule has 0 heterocycles. The zero-order valence-electron chi connectivity index (χ0n) is 14.2. The molecule has 0 amide bonds. The first-order valence-corrected chi connectivity index (χ1v) is 8.94. The third-order valence-corrected chi connectivity index (χ3v) is 5.61. The molecule has 5 aromatic rings. The van der Waals surface area contributed by atoms with Crippen molar-refractivity contribution >= 4 is 43.1 Å². The average molecular weight is 308 g/mol. The molecule has 24 heavy (non-hydrogen) atoms. The first-order valence-electron chi connectivity index (χ1n) is 8.94. The average Bonchev–Trinajstić information content (AvgIpc) is 2.65. The summed E-state index contributed by atoms with van der Waals surface area (Å²) in [5.41, 5.74) is 3.05. The van der Waals surface area contributed by atoms with Crippen LogP contribution in [0.25, 0.3) is 43.1 Å². The van der Waals surface area contributed by atoms with Crippen molar-refractivity contribution in [3.63, 3.8) is 0 Å². The van der Waals surface area contributed by atoms with Gasteiger partial charge in [0, 0.05) is 0 Å². The molecule has 0 N–H and O–H groups in total. The highest BCUT2D eigenvalue weighted by molar-refractivity contribution is 6.34. The van der Waals surface area contributed by atoms with Gasteiger partial charge in [0.05, 0.1) is 0 Å². The maximum absolute atomic E-state index is 2.32. The Hall–Kier alpha value is -2.60. The Morgan fingerprint density at radius 1 is 0.458 bits per heavy atom. The molecule has 0 unspecified atom stereocenters. The number of aryl methyl sites for hydroxylation is 2. The van der Waals surface area contributed by atoms with Crippen LogP contribution in [0.1, 0.15) is 25.0 Å². The molecule has 0 aliphatic carbocycles. The first-order chi connectivity index (χ1) is 11.8. The molecule has 0 spiro atoms. The number of fused-ring (bicyclic) bond motifs is 3. The third-order valence-electron chi connectivity index (χ3n) is 5.61. The smallest absolute Gasteiger partial charge is 0.00174 e. The van der Waals surface area contributed by atoms with E-state index in [-0.39, 0.29) is 0 Å². The second kappa shape index (κ2) is 4.95. The summed E-state index contributed by atoms with van der Waals surface area (Å²) in [6, 6.07) is 22.5. The Morgan fingerprint density at radius 3 is 1.25 bits per heavy atom. The predicted molar refractivity (Wildman–Crippen MR) is 106 cm³/mol. The summed E-state index contributed by atoms with van der Waals surface area (Å²) in [7, 11) is 0. The van der Waals surface area contributed by atoms with E-state index in [4.69, 9.17) is 0 Å². The van der Waals surface area contributed by atoms with Gasteiger partial charge in [-0.15, -0.1) is 0 Å². The summed E-state index contributed by atoms with van der Waals surface area (Å²) in [5, 5.41) is 11.3. The fourth-order valence-corrected chi connectivity index (χ4v) is 4.68. The standard InChI is InChI=1S/C24H20/c1-3-15-16(4-2)20-12-8-14-22-18-10-6-5-9-17(18)21-13-7-11-19(15)23(21)24(20)22/h5-14H,3-4H2,1-2H3. The topological polar surface area (TPSA) is 0 Å². The molecular weight excluding hydrogens is 288 g/mol. The molecule has 0 radical (unpaired) electrons. The maximum Gasteiger partial charge on any atom is -0.00174 e. The van der Waals surface area contributed by atoms with E-state index in [1.54, 1.807) is 0 Å². The van der Waals surface area contributed by atoms with E-state index in [2.05, 4.69) is 74.5 Å². The molecule has 0 aliphatic rings. The monoisotopic (exact) mass is 308 g/mol. The fourth-order valence-electron chi connectivity index (χ4n) is 4.68. The molecule has 0 bridgehead atoms. The molecule has 0 nitrogen and oxygen atoms in total. The Bertz CT molecular complexity index is 1110. The van der Waals surface area contributed by atoms with Gasteiger partial charge in [0.15, 0.2) is 0 Å². The van der Waals surface area contributed by atoms with Gasteiger partial charge < -0.3 is 0 Å². The zero-order valence-corrected chi connectivity index (χ0v) is 14.2. The molecule has 0 aliphatic heterocycles. The SMILES string of the molecule is CCc1c(CC)c2cccc3c4ccccc4c4cccc1c4c23. The van der Waals surface area contributed by atoms with Gasteiger partial charge in [-0.3, -0.25) is 0 Å². The van der Waals surface area contributed by atoms with Crippen LogP contribution < -0.4 is 0 Å². The van der Waals surface area contributed by atoms with E-state index >= 15 is 0 Å². The Morgan fingerprint density at radius 2 is 0.833 bits per heavy atom. The van der Waals surface area contributed by atoms with Crippen molar-refractivity contribution in [2.24, 2.45) is 0 Å². The third kappa shape index (κ3) is 1.58. The van der Waals surface area contributed by atoms with E-state index in [1.807, 2.05) is 0 Å². The molecule has 0 fully saturated rings. The lowest BCUT2D eigenvalue weighted by Gasteiger charge is -2.20. The van der Waals surface area contributed by atoms with Gasteiger partial charge in [-0.25, -0.2) is 0 Å². The van der Waals surface area contributed by atoms with Crippen molar-refractivity contribution in [2.45, 2.75) is 26.7 Å². The minimum Gasteiger partial charge on any atom is -0.0616 e. The highest BCUT2D eigenvalue weighted by atomic mass is 14.2. The van der Waals surface area contributed by atoms with Gasteiger partial charge in [0.25, 0.3) is 0 Å². The molecular formula is C24H20. The summed E-state index contributed by atoms with van der Waals surface area (Å²) in [6.45, 7) is 4.58. The minimum absolute atomic E-state index is 1.09. The highest BCUT2D eigenvalue weighted by Gasteiger charge is 2.17. The lowest BCUT2D eigenvalue weighted by molar-refractivity contribution is 1.07. The van der Waals surface area contributed by atoms with Crippen molar-refractivity contribution in [2.75, 3.05) is 0 Å². The maximum atomic E-state index is 2.32. The molecule has 116 valence electrons. The van der Waals surface area contributed by atoms with E-state index in [1.165, 1.54) is 54.2 Å². The zero-order chi connectivity index (χ0) is 16.3. The second-order valence-electron chi connectivity index (χ2n) is 6.67. The second-order valence-corrected chi connectivity index (χ2v) is 6.67. The van der Waals surface area contributed by atoms with Gasteiger partial charge in [0.2, 0.25) is 0 Å². The van der Waals surface area contributed by atoms with Gasteiger partial charge in [-0.2, -0.15) is 0 Å². The normalized spacial score (nSPS) is 12.1. The molecule has 0 saturated carbocycles. The van der Waals surface area contributed by atoms with Crippen LogP contribution in [0.4, 0.5) is 0 Å². The van der Waals surface area contributed by atoms with Gasteiger partial charge in [-0.1, -0.05) is 74.5 Å². The van der Waals surface area contributed by atoms with Crippen LogP contribution in [0.5, 0.6) is 0 Å². The first kappa shape index (κ1) is 13.8. The molecule has 5 aromatic carbocycles. The lowest BCUT2D eigenvalue weighted by Crippen LogP contribution is -1.98. The van der Waals surface area contributed by atoms with Crippen LogP contribution in [-0.4, -0.2) is 0 Å². The Balaban J connectivity index is 2.25. The van der Waals surface area contributed by atoms with Crippen LogP contribution in [0.15, 0.2) is 60.7 Å². The predicted octanol–water partition coefficient (Wildman–Crippen LogP) is 6.86. The van der Waals surface area contributed by atoms with Crippen LogP contribution in [-0.2, 0) is 12.8 Å². The summed E-state index contributed by atoms with van der Waals surface area (Å²) in [6.07, 6.45) is 2.18. The number of benzene rings is 5. The van der Waals surface area contributed by atoms with Crippen LogP contribution in [0, 0.1) is 0 Å². The van der Waals surface area contributed by atoms with Crippen molar-refractivity contribution < 1.29 is 0 Å². The number of hydrogen-bond donors (Lipinski definition) is 0.